The van der Waals surface area contributed by atoms with E-state index in [0.717, 1.165) is 26.1 Å². The van der Waals surface area contributed by atoms with E-state index in [9.17, 15) is 0 Å². The first-order valence-corrected chi connectivity index (χ1v) is 7.51. The van der Waals surface area contributed by atoms with Gasteiger partial charge in [0.15, 0.2) is 0 Å². The molecule has 0 saturated heterocycles. The van der Waals surface area contributed by atoms with E-state index in [0.29, 0.717) is 13.2 Å². The fourth-order valence-electron chi connectivity index (χ4n) is 1.63. The number of hydrogen-bond donors (Lipinski definition) is 0. The monoisotopic (exact) mass is 260 g/mol. The van der Waals surface area contributed by atoms with Crippen molar-refractivity contribution in [3.05, 3.63) is 0 Å². The summed E-state index contributed by atoms with van der Waals surface area (Å²) in [4.78, 5) is 0. The van der Waals surface area contributed by atoms with Crippen LogP contribution in [0.2, 0.25) is 0 Å². The summed E-state index contributed by atoms with van der Waals surface area (Å²) in [5, 5.41) is 0. The highest BCUT2D eigenvalue weighted by Crippen LogP contribution is 2.02. The van der Waals surface area contributed by atoms with Crippen LogP contribution in [-0.4, -0.2) is 38.6 Å². The predicted molar refractivity (Wildman–Crippen MR) is 76.1 cm³/mol. The first kappa shape index (κ1) is 17.9. The molecule has 0 aliphatic heterocycles. The Labute approximate surface area is 113 Å². The zero-order chi connectivity index (χ0) is 13.6. The van der Waals surface area contributed by atoms with Crippen LogP contribution in [0.15, 0.2) is 0 Å². The van der Waals surface area contributed by atoms with Crippen LogP contribution in [0.5, 0.6) is 0 Å². The van der Waals surface area contributed by atoms with E-state index in [1.807, 2.05) is 6.92 Å². The van der Waals surface area contributed by atoms with Crippen LogP contribution < -0.4 is 0 Å². The van der Waals surface area contributed by atoms with Crippen molar-refractivity contribution in [2.75, 3.05) is 26.4 Å². The van der Waals surface area contributed by atoms with Crippen molar-refractivity contribution in [1.82, 2.24) is 0 Å². The van der Waals surface area contributed by atoms with Crippen LogP contribution in [0.25, 0.3) is 0 Å². The molecule has 0 amide bonds. The van der Waals surface area contributed by atoms with Gasteiger partial charge in [0.05, 0.1) is 25.4 Å². The molecule has 3 heteroatoms. The summed E-state index contributed by atoms with van der Waals surface area (Å²) in [6.07, 6.45) is 6.43. The van der Waals surface area contributed by atoms with Crippen molar-refractivity contribution >= 4 is 0 Å². The largest absolute Gasteiger partial charge is 0.376 e. The summed E-state index contributed by atoms with van der Waals surface area (Å²) < 4.78 is 16.8. The molecule has 0 aliphatic carbocycles. The normalized spacial score (nSPS) is 14.7. The maximum atomic E-state index is 5.69. The highest BCUT2D eigenvalue weighted by molar-refractivity contribution is 4.51. The van der Waals surface area contributed by atoms with Gasteiger partial charge >= 0.3 is 0 Å². The van der Waals surface area contributed by atoms with Crippen molar-refractivity contribution < 1.29 is 14.2 Å². The Morgan fingerprint density at radius 1 is 0.722 bits per heavy atom. The topological polar surface area (TPSA) is 27.7 Å². The molecule has 0 aromatic carbocycles. The van der Waals surface area contributed by atoms with E-state index in [4.69, 9.17) is 14.2 Å². The van der Waals surface area contributed by atoms with Gasteiger partial charge in [0.25, 0.3) is 0 Å². The summed E-state index contributed by atoms with van der Waals surface area (Å²) in [6.45, 7) is 11.4. The van der Waals surface area contributed by atoms with Gasteiger partial charge in [-0.2, -0.15) is 0 Å². The summed E-state index contributed by atoms with van der Waals surface area (Å²) in [7, 11) is 0. The highest BCUT2D eigenvalue weighted by atomic mass is 16.6. The fraction of sp³-hybridized carbons (Fsp3) is 1.00. The van der Waals surface area contributed by atoms with Gasteiger partial charge in [0.2, 0.25) is 0 Å². The molecule has 3 nitrogen and oxygen atoms in total. The minimum Gasteiger partial charge on any atom is -0.376 e. The van der Waals surface area contributed by atoms with Gasteiger partial charge in [-0.3, -0.25) is 0 Å². The maximum absolute atomic E-state index is 5.69. The Hall–Kier alpha value is -0.120. The highest BCUT2D eigenvalue weighted by Gasteiger charge is 2.05. The Bertz CT molecular complexity index is 162. The molecule has 0 saturated carbocycles. The summed E-state index contributed by atoms with van der Waals surface area (Å²) in [6, 6.07) is 0. The van der Waals surface area contributed by atoms with E-state index in [2.05, 4.69) is 20.8 Å². The van der Waals surface area contributed by atoms with Gasteiger partial charge < -0.3 is 14.2 Å². The van der Waals surface area contributed by atoms with Crippen LogP contribution in [-0.2, 0) is 14.2 Å². The molecule has 2 unspecified atom stereocenters. The number of hydrogen-bond acceptors (Lipinski definition) is 3. The molecule has 0 radical (unpaired) electrons. The van der Waals surface area contributed by atoms with Gasteiger partial charge in [0.1, 0.15) is 0 Å². The lowest BCUT2D eigenvalue weighted by molar-refractivity contribution is -0.0471. The molecule has 110 valence electrons. The Kier molecular flexibility index (Phi) is 13.2. The van der Waals surface area contributed by atoms with Crippen molar-refractivity contribution in [1.29, 1.82) is 0 Å². The van der Waals surface area contributed by atoms with Crippen LogP contribution in [0, 0.1) is 0 Å². The second kappa shape index (κ2) is 13.3. The molecule has 0 spiro atoms. The molecule has 0 heterocycles. The zero-order valence-corrected chi connectivity index (χ0v) is 12.7. The van der Waals surface area contributed by atoms with Gasteiger partial charge in [-0.15, -0.1) is 0 Å². The molecule has 0 aromatic rings. The van der Waals surface area contributed by atoms with Gasteiger partial charge in [0, 0.05) is 13.2 Å². The molecule has 0 aliphatic rings. The first-order chi connectivity index (χ1) is 8.70. The molecule has 0 rings (SSSR count). The zero-order valence-electron chi connectivity index (χ0n) is 12.7. The summed E-state index contributed by atoms with van der Waals surface area (Å²) in [5.74, 6) is 0. The minimum atomic E-state index is 0.182. The standard InChI is InChI=1S/C15H32O3/c1-5-7-8-9-11-18-15(4)13-16-12-14(3)17-10-6-2/h14-15H,5-13H2,1-4H3. The molecule has 2 atom stereocenters. The van der Waals surface area contributed by atoms with Gasteiger partial charge in [-0.1, -0.05) is 33.1 Å². The van der Waals surface area contributed by atoms with Crippen LogP contribution in [0.4, 0.5) is 0 Å². The SMILES string of the molecule is CCCCCCOC(C)COCC(C)OCCC. The van der Waals surface area contributed by atoms with E-state index in [-0.39, 0.29) is 12.2 Å². The lowest BCUT2D eigenvalue weighted by atomic mass is 10.2. The summed E-state index contributed by atoms with van der Waals surface area (Å²) in [5.41, 5.74) is 0. The third kappa shape index (κ3) is 12.3. The number of ether oxygens (including phenoxy) is 3. The minimum absolute atomic E-state index is 0.182. The third-order valence-electron chi connectivity index (χ3n) is 2.71. The van der Waals surface area contributed by atoms with Crippen LogP contribution in [0.3, 0.4) is 0 Å². The summed E-state index contributed by atoms with van der Waals surface area (Å²) >= 11 is 0. The molecule has 18 heavy (non-hydrogen) atoms. The predicted octanol–water partition coefficient (Wildman–Crippen LogP) is 3.80. The smallest absolute Gasteiger partial charge is 0.0780 e. The van der Waals surface area contributed by atoms with Crippen molar-refractivity contribution in [3.63, 3.8) is 0 Å². The lowest BCUT2D eigenvalue weighted by Crippen LogP contribution is -2.22. The third-order valence-corrected chi connectivity index (χ3v) is 2.71. The second-order valence-corrected chi connectivity index (χ2v) is 4.96. The average molecular weight is 260 g/mol. The fourth-order valence-corrected chi connectivity index (χ4v) is 1.63. The second-order valence-electron chi connectivity index (χ2n) is 4.96. The van der Waals surface area contributed by atoms with Crippen molar-refractivity contribution in [2.45, 2.75) is 72.0 Å². The maximum Gasteiger partial charge on any atom is 0.0780 e. The Morgan fingerprint density at radius 2 is 1.33 bits per heavy atom. The average Bonchev–Trinajstić information content (AvgIpc) is 2.36. The lowest BCUT2D eigenvalue weighted by Gasteiger charge is -2.16. The van der Waals surface area contributed by atoms with Gasteiger partial charge in [-0.05, 0) is 26.7 Å². The molecule has 0 aromatic heterocycles. The van der Waals surface area contributed by atoms with Crippen LogP contribution >= 0.6 is 0 Å². The quantitative estimate of drug-likeness (QED) is 0.471. The van der Waals surface area contributed by atoms with E-state index in [1.54, 1.807) is 0 Å². The molecular formula is C15H32O3. The van der Waals surface area contributed by atoms with Crippen molar-refractivity contribution in [3.8, 4) is 0 Å². The van der Waals surface area contributed by atoms with E-state index < -0.39 is 0 Å². The van der Waals surface area contributed by atoms with Crippen molar-refractivity contribution in [2.24, 2.45) is 0 Å². The van der Waals surface area contributed by atoms with Crippen LogP contribution in [0.1, 0.15) is 59.8 Å². The molecule has 0 bridgehead atoms. The number of unbranched alkanes of at least 4 members (excludes halogenated alkanes) is 3. The molecule has 0 fully saturated rings. The number of rotatable bonds is 13. The van der Waals surface area contributed by atoms with E-state index >= 15 is 0 Å². The molecule has 0 N–H and O–H groups in total. The Balaban J connectivity index is 3.28. The molecular weight excluding hydrogens is 228 g/mol. The first-order valence-electron chi connectivity index (χ1n) is 7.51. The van der Waals surface area contributed by atoms with E-state index in [1.165, 1.54) is 19.3 Å². The Morgan fingerprint density at radius 3 is 1.89 bits per heavy atom. The van der Waals surface area contributed by atoms with Gasteiger partial charge in [-0.25, -0.2) is 0 Å².